The minimum absolute atomic E-state index is 0.0385. The third kappa shape index (κ3) is 6.26. The number of rotatable bonds is 7. The lowest BCUT2D eigenvalue weighted by Crippen LogP contribution is -2.39. The summed E-state index contributed by atoms with van der Waals surface area (Å²) in [5, 5.41) is 7.76. The number of esters is 1. The van der Waals surface area contributed by atoms with Crippen LogP contribution in [0, 0.1) is 0 Å². The monoisotopic (exact) mass is 479 g/mol. The number of ether oxygens (including phenoxy) is 1. The molecule has 0 saturated carbocycles. The number of hydrogen-bond donors (Lipinski definition) is 3. The van der Waals surface area contributed by atoms with Crippen molar-refractivity contribution in [1.82, 2.24) is 10.6 Å². The summed E-state index contributed by atoms with van der Waals surface area (Å²) in [7, 11) is 1.22. The smallest absolute Gasteiger partial charge is 0.325 e. The Bertz CT molecular complexity index is 1140. The summed E-state index contributed by atoms with van der Waals surface area (Å²) in [5.74, 6) is -1.84. The van der Waals surface area contributed by atoms with Gasteiger partial charge < -0.3 is 20.7 Å². The number of benzene rings is 2. The minimum Gasteiger partial charge on any atom is -0.468 e. The van der Waals surface area contributed by atoms with Crippen molar-refractivity contribution in [2.75, 3.05) is 25.5 Å². The maximum absolute atomic E-state index is 12.8. The SMILES string of the molecule is COC(=O)CNC(=O)CNC(=O)c1ccc(C(=O)Nc2ccc3c(c2)C(C)(C)CCC3(C)C)cc1. The molecule has 0 saturated heterocycles. The van der Waals surface area contributed by atoms with Crippen molar-refractivity contribution in [3.63, 3.8) is 0 Å². The third-order valence-electron chi connectivity index (χ3n) is 6.59. The van der Waals surface area contributed by atoms with Crippen LogP contribution in [0.2, 0.25) is 0 Å². The van der Waals surface area contributed by atoms with E-state index in [-0.39, 0.29) is 29.8 Å². The van der Waals surface area contributed by atoms with Crippen LogP contribution >= 0.6 is 0 Å². The Kier molecular flexibility index (Phi) is 7.63. The van der Waals surface area contributed by atoms with Gasteiger partial charge in [0.1, 0.15) is 6.54 Å². The first kappa shape index (κ1) is 25.9. The van der Waals surface area contributed by atoms with Gasteiger partial charge in [0, 0.05) is 16.8 Å². The normalized spacial score (nSPS) is 15.3. The first-order valence-electron chi connectivity index (χ1n) is 11.6. The van der Waals surface area contributed by atoms with Gasteiger partial charge in [0.05, 0.1) is 13.7 Å². The largest absolute Gasteiger partial charge is 0.468 e. The molecular formula is C27H33N3O5. The van der Waals surface area contributed by atoms with E-state index in [2.05, 4.69) is 60.5 Å². The second-order valence-electron chi connectivity index (χ2n) is 10.1. The van der Waals surface area contributed by atoms with E-state index in [0.29, 0.717) is 11.1 Å². The molecule has 0 heterocycles. The predicted octanol–water partition coefficient (Wildman–Crippen LogP) is 3.31. The fourth-order valence-corrected chi connectivity index (χ4v) is 4.21. The van der Waals surface area contributed by atoms with Crippen molar-refractivity contribution in [2.24, 2.45) is 0 Å². The topological polar surface area (TPSA) is 114 Å². The van der Waals surface area contributed by atoms with Crippen LogP contribution in [-0.2, 0) is 25.2 Å². The number of hydrogen-bond acceptors (Lipinski definition) is 5. The average Bonchev–Trinajstić information content (AvgIpc) is 2.84. The Balaban J connectivity index is 1.61. The molecule has 8 heteroatoms. The van der Waals surface area contributed by atoms with E-state index in [1.54, 1.807) is 12.1 Å². The molecule has 35 heavy (non-hydrogen) atoms. The number of carbonyl (C=O) groups excluding carboxylic acids is 4. The second-order valence-corrected chi connectivity index (χ2v) is 10.1. The number of methoxy groups -OCH3 is 1. The zero-order valence-electron chi connectivity index (χ0n) is 20.9. The summed E-state index contributed by atoms with van der Waals surface area (Å²) in [6.07, 6.45) is 2.21. The molecule has 3 N–H and O–H groups in total. The molecule has 0 aliphatic heterocycles. The van der Waals surface area contributed by atoms with Gasteiger partial charge in [-0.05, 0) is 71.2 Å². The number of fused-ring (bicyclic) bond motifs is 1. The number of nitrogens with one attached hydrogen (secondary N) is 3. The summed E-state index contributed by atoms with van der Waals surface area (Å²) in [5.41, 5.74) is 4.17. The van der Waals surface area contributed by atoms with Crippen LogP contribution in [0.4, 0.5) is 5.69 Å². The molecule has 0 unspecified atom stereocenters. The zero-order valence-corrected chi connectivity index (χ0v) is 20.9. The van der Waals surface area contributed by atoms with Crippen molar-refractivity contribution in [3.8, 4) is 0 Å². The molecule has 3 amide bonds. The number of carbonyl (C=O) groups is 4. The molecule has 186 valence electrons. The maximum atomic E-state index is 12.8. The van der Waals surface area contributed by atoms with Crippen molar-refractivity contribution in [2.45, 2.75) is 51.4 Å². The van der Waals surface area contributed by atoms with E-state index >= 15 is 0 Å². The Hall–Kier alpha value is -3.68. The molecule has 2 aromatic carbocycles. The van der Waals surface area contributed by atoms with Crippen LogP contribution in [0.1, 0.15) is 72.4 Å². The highest BCUT2D eigenvalue weighted by molar-refractivity contribution is 6.05. The van der Waals surface area contributed by atoms with Crippen molar-refractivity contribution in [3.05, 3.63) is 64.7 Å². The molecule has 0 fully saturated rings. The molecule has 0 aromatic heterocycles. The molecule has 2 aromatic rings. The van der Waals surface area contributed by atoms with Gasteiger partial charge in [-0.3, -0.25) is 19.2 Å². The lowest BCUT2D eigenvalue weighted by atomic mass is 9.63. The highest BCUT2D eigenvalue weighted by Gasteiger charge is 2.37. The molecule has 0 atom stereocenters. The highest BCUT2D eigenvalue weighted by atomic mass is 16.5. The van der Waals surface area contributed by atoms with Gasteiger partial charge in [0.2, 0.25) is 5.91 Å². The molecule has 1 aliphatic carbocycles. The molecule has 1 aliphatic rings. The summed E-state index contributed by atoms with van der Waals surface area (Å²) in [6.45, 7) is 8.42. The Morgan fingerprint density at radius 2 is 1.34 bits per heavy atom. The summed E-state index contributed by atoms with van der Waals surface area (Å²) < 4.78 is 4.43. The van der Waals surface area contributed by atoms with Crippen LogP contribution in [0.5, 0.6) is 0 Å². The van der Waals surface area contributed by atoms with Crippen LogP contribution in [-0.4, -0.2) is 43.9 Å². The van der Waals surface area contributed by atoms with E-state index < -0.39 is 17.8 Å². The molecule has 8 nitrogen and oxygen atoms in total. The van der Waals surface area contributed by atoms with Gasteiger partial charge in [-0.15, -0.1) is 0 Å². The average molecular weight is 480 g/mol. The van der Waals surface area contributed by atoms with E-state index in [4.69, 9.17) is 0 Å². The molecule has 0 spiro atoms. The van der Waals surface area contributed by atoms with Gasteiger partial charge in [-0.25, -0.2) is 0 Å². The van der Waals surface area contributed by atoms with E-state index in [1.807, 2.05) is 6.07 Å². The van der Waals surface area contributed by atoms with Crippen molar-refractivity contribution in [1.29, 1.82) is 0 Å². The fourth-order valence-electron chi connectivity index (χ4n) is 4.21. The summed E-state index contributed by atoms with van der Waals surface area (Å²) in [4.78, 5) is 47.8. The van der Waals surface area contributed by atoms with Gasteiger partial charge in [-0.1, -0.05) is 33.8 Å². The van der Waals surface area contributed by atoms with E-state index in [1.165, 1.54) is 30.4 Å². The number of anilines is 1. The second kappa shape index (κ2) is 10.3. The van der Waals surface area contributed by atoms with E-state index in [9.17, 15) is 19.2 Å². The maximum Gasteiger partial charge on any atom is 0.325 e. The third-order valence-corrected chi connectivity index (χ3v) is 6.59. The summed E-state index contributed by atoms with van der Waals surface area (Å²) >= 11 is 0. The van der Waals surface area contributed by atoms with Crippen LogP contribution in [0.3, 0.4) is 0 Å². The zero-order chi connectivity index (χ0) is 25.8. The quantitative estimate of drug-likeness (QED) is 0.528. The predicted molar refractivity (Wildman–Crippen MR) is 133 cm³/mol. The lowest BCUT2D eigenvalue weighted by molar-refractivity contribution is -0.141. The first-order valence-corrected chi connectivity index (χ1v) is 11.6. The first-order chi connectivity index (χ1) is 16.4. The highest BCUT2D eigenvalue weighted by Crippen LogP contribution is 2.46. The van der Waals surface area contributed by atoms with Crippen molar-refractivity contribution < 1.29 is 23.9 Å². The van der Waals surface area contributed by atoms with Crippen LogP contribution in [0.25, 0.3) is 0 Å². The fraction of sp³-hybridized carbons (Fsp3) is 0.407. The Labute approximate surface area is 205 Å². The lowest BCUT2D eigenvalue weighted by Gasteiger charge is -2.42. The van der Waals surface area contributed by atoms with E-state index in [0.717, 1.165) is 18.5 Å². The van der Waals surface area contributed by atoms with Gasteiger partial charge >= 0.3 is 5.97 Å². The molecule has 0 bridgehead atoms. The van der Waals surface area contributed by atoms with Gasteiger partial charge in [0.25, 0.3) is 11.8 Å². The van der Waals surface area contributed by atoms with Crippen molar-refractivity contribution >= 4 is 29.4 Å². The van der Waals surface area contributed by atoms with Crippen LogP contribution in [0.15, 0.2) is 42.5 Å². The standard InChI is InChI=1S/C27H33N3O5/c1-26(2)12-13-27(3,4)21-14-19(10-11-20(21)26)30-25(34)18-8-6-17(7-9-18)24(33)29-15-22(31)28-16-23(32)35-5/h6-11,14H,12-13,15-16H2,1-5H3,(H,28,31)(H,29,33)(H,30,34). The minimum atomic E-state index is -0.582. The molecule has 0 radical (unpaired) electrons. The van der Waals surface area contributed by atoms with Gasteiger partial charge in [0.15, 0.2) is 0 Å². The Morgan fingerprint density at radius 1 is 0.771 bits per heavy atom. The Morgan fingerprint density at radius 3 is 1.94 bits per heavy atom. The molecular weight excluding hydrogens is 446 g/mol. The molecule has 3 rings (SSSR count). The summed E-state index contributed by atoms with van der Waals surface area (Å²) in [6, 6.07) is 12.3. The van der Waals surface area contributed by atoms with Gasteiger partial charge in [-0.2, -0.15) is 0 Å². The van der Waals surface area contributed by atoms with Crippen LogP contribution < -0.4 is 16.0 Å². The number of amides is 3.